The molecule has 3 nitrogen and oxygen atoms in total. The first kappa shape index (κ1) is 8.88. The lowest BCUT2D eigenvalue weighted by Gasteiger charge is -2.21. The zero-order valence-corrected chi connectivity index (χ0v) is 6.17. The van der Waals surface area contributed by atoms with Crippen molar-refractivity contribution >= 4 is 0 Å². The van der Waals surface area contributed by atoms with Gasteiger partial charge in [-0.15, -0.1) is 0 Å². The van der Waals surface area contributed by atoms with Gasteiger partial charge in [-0.1, -0.05) is 0 Å². The van der Waals surface area contributed by atoms with E-state index in [9.17, 15) is 0 Å². The SMILES string of the molecule is CC(CO)N(C)CCN. The molecule has 0 heterocycles. The van der Waals surface area contributed by atoms with Crippen molar-refractivity contribution in [3.8, 4) is 0 Å². The number of hydrogen-bond acceptors (Lipinski definition) is 3. The van der Waals surface area contributed by atoms with E-state index in [0.717, 1.165) is 6.54 Å². The van der Waals surface area contributed by atoms with E-state index in [1.54, 1.807) is 0 Å². The van der Waals surface area contributed by atoms with Crippen molar-refractivity contribution in [2.24, 2.45) is 5.73 Å². The van der Waals surface area contributed by atoms with Crippen molar-refractivity contribution in [2.45, 2.75) is 13.0 Å². The zero-order valence-electron chi connectivity index (χ0n) is 6.17. The predicted octanol–water partition coefficient (Wildman–Crippen LogP) is -0.742. The molecular weight excluding hydrogens is 116 g/mol. The molecule has 0 radical (unpaired) electrons. The molecule has 0 aliphatic rings. The van der Waals surface area contributed by atoms with Gasteiger partial charge in [0.05, 0.1) is 6.61 Å². The number of rotatable bonds is 4. The van der Waals surface area contributed by atoms with E-state index in [0.29, 0.717) is 6.54 Å². The Morgan fingerprint density at radius 1 is 1.67 bits per heavy atom. The van der Waals surface area contributed by atoms with E-state index in [1.807, 2.05) is 18.9 Å². The van der Waals surface area contributed by atoms with Gasteiger partial charge >= 0.3 is 0 Å². The van der Waals surface area contributed by atoms with E-state index < -0.39 is 0 Å². The Bertz CT molecular complexity index is 68.1. The topological polar surface area (TPSA) is 49.5 Å². The Hall–Kier alpha value is -0.120. The third kappa shape index (κ3) is 3.46. The van der Waals surface area contributed by atoms with Crippen LogP contribution in [0, 0.1) is 0 Å². The average molecular weight is 132 g/mol. The van der Waals surface area contributed by atoms with E-state index in [4.69, 9.17) is 10.8 Å². The summed E-state index contributed by atoms with van der Waals surface area (Å²) in [6.45, 7) is 3.68. The van der Waals surface area contributed by atoms with Crippen LogP contribution in [0.5, 0.6) is 0 Å². The summed E-state index contributed by atoms with van der Waals surface area (Å²) < 4.78 is 0. The lowest BCUT2D eigenvalue weighted by molar-refractivity contribution is 0.162. The van der Waals surface area contributed by atoms with Crippen LogP contribution in [0.25, 0.3) is 0 Å². The molecule has 0 spiro atoms. The summed E-state index contributed by atoms with van der Waals surface area (Å²) in [5, 5.41) is 8.65. The number of hydrogen-bond donors (Lipinski definition) is 2. The number of aliphatic hydroxyl groups excluding tert-OH is 1. The highest BCUT2D eigenvalue weighted by atomic mass is 16.3. The first-order chi connectivity index (χ1) is 4.22. The van der Waals surface area contributed by atoms with Crippen molar-refractivity contribution < 1.29 is 5.11 Å². The van der Waals surface area contributed by atoms with E-state index >= 15 is 0 Å². The minimum Gasteiger partial charge on any atom is -0.395 e. The standard InChI is InChI=1S/C6H16N2O/c1-6(5-9)8(2)4-3-7/h6,9H,3-5,7H2,1-2H3. The number of aliphatic hydroxyl groups is 1. The van der Waals surface area contributed by atoms with Crippen LogP contribution in [-0.2, 0) is 0 Å². The van der Waals surface area contributed by atoms with Gasteiger partial charge in [0, 0.05) is 19.1 Å². The molecule has 56 valence electrons. The second kappa shape index (κ2) is 4.73. The second-order valence-electron chi connectivity index (χ2n) is 2.30. The monoisotopic (exact) mass is 132 g/mol. The van der Waals surface area contributed by atoms with Gasteiger partial charge in [0.15, 0.2) is 0 Å². The Morgan fingerprint density at radius 3 is 2.56 bits per heavy atom. The molecule has 3 heteroatoms. The van der Waals surface area contributed by atoms with E-state index in [1.165, 1.54) is 0 Å². The maximum absolute atomic E-state index is 8.65. The van der Waals surface area contributed by atoms with Gasteiger partial charge in [-0.3, -0.25) is 0 Å². The maximum Gasteiger partial charge on any atom is 0.0584 e. The summed E-state index contributed by atoms with van der Waals surface area (Å²) in [6, 6.07) is 0.230. The lowest BCUT2D eigenvalue weighted by Crippen LogP contribution is -2.35. The zero-order chi connectivity index (χ0) is 7.28. The molecule has 0 aromatic rings. The van der Waals surface area contributed by atoms with Gasteiger partial charge in [-0.2, -0.15) is 0 Å². The third-order valence-corrected chi connectivity index (χ3v) is 1.50. The van der Waals surface area contributed by atoms with E-state index in [2.05, 4.69) is 0 Å². The highest BCUT2D eigenvalue weighted by Crippen LogP contribution is 1.90. The molecule has 0 rings (SSSR count). The first-order valence-corrected chi connectivity index (χ1v) is 3.23. The van der Waals surface area contributed by atoms with Crippen LogP contribution in [0.1, 0.15) is 6.92 Å². The summed E-state index contributed by atoms with van der Waals surface area (Å²) >= 11 is 0. The molecule has 9 heavy (non-hydrogen) atoms. The Kier molecular flexibility index (Phi) is 4.67. The quantitative estimate of drug-likeness (QED) is 0.529. The molecular formula is C6H16N2O. The molecule has 0 aliphatic carbocycles. The Morgan fingerprint density at radius 2 is 2.22 bits per heavy atom. The van der Waals surface area contributed by atoms with Crippen molar-refractivity contribution in [2.75, 3.05) is 26.7 Å². The summed E-state index contributed by atoms with van der Waals surface area (Å²) in [5.41, 5.74) is 5.30. The Labute approximate surface area is 56.5 Å². The highest BCUT2D eigenvalue weighted by Gasteiger charge is 2.04. The van der Waals surface area contributed by atoms with Crippen LogP contribution in [-0.4, -0.2) is 42.8 Å². The van der Waals surface area contributed by atoms with Crippen LogP contribution in [0.3, 0.4) is 0 Å². The molecule has 0 aromatic heterocycles. The number of nitrogens with zero attached hydrogens (tertiary/aromatic N) is 1. The van der Waals surface area contributed by atoms with Gasteiger partial charge in [-0.05, 0) is 14.0 Å². The largest absolute Gasteiger partial charge is 0.395 e. The highest BCUT2D eigenvalue weighted by molar-refractivity contribution is 4.60. The summed E-state index contributed by atoms with van der Waals surface area (Å²) in [4.78, 5) is 2.03. The van der Waals surface area contributed by atoms with Gasteiger partial charge < -0.3 is 15.7 Å². The van der Waals surface area contributed by atoms with Crippen molar-refractivity contribution in [1.29, 1.82) is 0 Å². The summed E-state index contributed by atoms with van der Waals surface area (Å²) in [5.74, 6) is 0. The predicted molar refractivity (Wildman–Crippen MR) is 38.2 cm³/mol. The number of nitrogens with two attached hydrogens (primary N) is 1. The minimum atomic E-state index is 0.205. The summed E-state index contributed by atoms with van der Waals surface area (Å²) in [7, 11) is 1.95. The molecule has 0 aliphatic heterocycles. The van der Waals surface area contributed by atoms with Crippen molar-refractivity contribution in [1.82, 2.24) is 4.90 Å². The Balaban J connectivity index is 3.32. The van der Waals surface area contributed by atoms with Gasteiger partial charge in [0.2, 0.25) is 0 Å². The summed E-state index contributed by atoms with van der Waals surface area (Å²) in [6.07, 6.45) is 0. The fourth-order valence-corrected chi connectivity index (χ4v) is 0.563. The molecule has 0 saturated heterocycles. The second-order valence-corrected chi connectivity index (χ2v) is 2.30. The van der Waals surface area contributed by atoms with Gasteiger partial charge in [-0.25, -0.2) is 0 Å². The van der Waals surface area contributed by atoms with Crippen molar-refractivity contribution in [3.63, 3.8) is 0 Å². The molecule has 1 atom stereocenters. The lowest BCUT2D eigenvalue weighted by atomic mass is 10.3. The molecule has 0 amide bonds. The fourth-order valence-electron chi connectivity index (χ4n) is 0.563. The molecule has 1 unspecified atom stereocenters. The fraction of sp³-hybridized carbons (Fsp3) is 1.00. The average Bonchev–Trinajstić information content (AvgIpc) is 1.87. The van der Waals surface area contributed by atoms with Crippen LogP contribution >= 0.6 is 0 Å². The van der Waals surface area contributed by atoms with Crippen LogP contribution in [0.15, 0.2) is 0 Å². The molecule has 0 saturated carbocycles. The molecule has 3 N–H and O–H groups in total. The number of likely N-dealkylation sites (N-methyl/N-ethyl adjacent to an activating group) is 1. The molecule has 0 fully saturated rings. The van der Waals surface area contributed by atoms with Crippen LogP contribution in [0.2, 0.25) is 0 Å². The maximum atomic E-state index is 8.65. The third-order valence-electron chi connectivity index (χ3n) is 1.50. The molecule has 0 bridgehead atoms. The van der Waals surface area contributed by atoms with E-state index in [-0.39, 0.29) is 12.6 Å². The van der Waals surface area contributed by atoms with Gasteiger partial charge in [0.1, 0.15) is 0 Å². The first-order valence-electron chi connectivity index (χ1n) is 3.23. The molecule has 0 aromatic carbocycles. The van der Waals surface area contributed by atoms with Gasteiger partial charge in [0.25, 0.3) is 0 Å². The smallest absolute Gasteiger partial charge is 0.0584 e. The van der Waals surface area contributed by atoms with Crippen LogP contribution < -0.4 is 5.73 Å². The van der Waals surface area contributed by atoms with Crippen LogP contribution in [0.4, 0.5) is 0 Å². The van der Waals surface area contributed by atoms with Crippen molar-refractivity contribution in [3.05, 3.63) is 0 Å². The minimum absolute atomic E-state index is 0.205. The normalized spacial score (nSPS) is 14.3.